The highest BCUT2D eigenvalue weighted by molar-refractivity contribution is 7.48. The van der Waals surface area contributed by atoms with Gasteiger partial charge in [0.15, 0.2) is 0 Å². The van der Waals surface area contributed by atoms with E-state index < -0.39 is 38.1 Å². The third-order valence-corrected chi connectivity index (χ3v) is 5.83. The summed E-state index contributed by atoms with van der Waals surface area (Å²) in [6, 6.07) is -0.991. The molecule has 28 heavy (non-hydrogen) atoms. The van der Waals surface area contributed by atoms with Crippen molar-refractivity contribution in [3.8, 4) is 0 Å². The highest BCUT2D eigenvalue weighted by Gasteiger charge is 2.42. The van der Waals surface area contributed by atoms with Crippen molar-refractivity contribution in [2.24, 2.45) is 0 Å². The summed E-state index contributed by atoms with van der Waals surface area (Å²) in [4.78, 5) is 0. The van der Waals surface area contributed by atoms with E-state index in [0.29, 0.717) is 12.8 Å². The molecule has 8 nitrogen and oxygen atoms in total. The van der Waals surface area contributed by atoms with Gasteiger partial charge in [-0.25, -0.2) is 4.57 Å². The second kappa shape index (κ2) is 10.9. The third-order valence-electron chi connectivity index (χ3n) is 4.38. The maximum Gasteiger partial charge on any atom is 0.474 e. The summed E-state index contributed by atoms with van der Waals surface area (Å²) in [5, 5.41) is 0. The molecule has 2 saturated heterocycles. The van der Waals surface area contributed by atoms with Crippen LogP contribution in [0, 0.1) is 0 Å². The quantitative estimate of drug-likeness (QED) is 0.374. The monoisotopic (exact) mass is 416 g/mol. The van der Waals surface area contributed by atoms with E-state index in [4.69, 9.17) is 48.2 Å². The van der Waals surface area contributed by atoms with Crippen molar-refractivity contribution in [1.82, 2.24) is 0 Å². The minimum absolute atomic E-state index is 0.00530. The molecule has 0 bridgehead atoms. The van der Waals surface area contributed by atoms with Gasteiger partial charge in [0.1, 0.15) is 27.9 Å². The van der Waals surface area contributed by atoms with Crippen molar-refractivity contribution in [3.63, 3.8) is 0 Å². The second-order valence-electron chi connectivity index (χ2n) is 7.57. The lowest BCUT2D eigenvalue weighted by atomic mass is 9.96. The van der Waals surface area contributed by atoms with Crippen LogP contribution in [0.2, 0.25) is 0 Å². The molecule has 2 fully saturated rings. The van der Waals surface area contributed by atoms with Gasteiger partial charge in [0.2, 0.25) is 0 Å². The second-order valence-corrected chi connectivity index (χ2v) is 9.30. The van der Waals surface area contributed by atoms with Gasteiger partial charge in [-0.1, -0.05) is 0 Å². The van der Waals surface area contributed by atoms with Gasteiger partial charge in [-0.2, -0.15) is 0 Å². The van der Waals surface area contributed by atoms with Crippen LogP contribution in [-0.2, 0) is 37.1 Å². The van der Waals surface area contributed by atoms with Gasteiger partial charge < -0.3 is 18.9 Å². The SMILES string of the molecule is [B][C@H]1CC(OC(C)C)[C@@H](COP(=O)(OC)OC2C[C@H]([B])O[C@@H]2COC(C)C)O1. The van der Waals surface area contributed by atoms with Gasteiger partial charge >= 0.3 is 7.82 Å². The van der Waals surface area contributed by atoms with Crippen LogP contribution in [0.1, 0.15) is 40.5 Å². The molecule has 2 aliphatic heterocycles. The molecule has 2 aliphatic rings. The number of phosphoric ester groups is 1. The van der Waals surface area contributed by atoms with Crippen LogP contribution in [0.4, 0.5) is 0 Å². The molecule has 0 amide bonds. The summed E-state index contributed by atoms with van der Waals surface area (Å²) in [5.41, 5.74) is 0. The first-order valence-electron chi connectivity index (χ1n) is 9.69. The van der Waals surface area contributed by atoms with Crippen LogP contribution in [0.25, 0.3) is 0 Å². The molecule has 4 radical (unpaired) electrons. The van der Waals surface area contributed by atoms with Crippen LogP contribution in [0.15, 0.2) is 0 Å². The topological polar surface area (TPSA) is 81.7 Å². The zero-order valence-corrected chi connectivity index (χ0v) is 18.2. The summed E-state index contributed by atoms with van der Waals surface area (Å²) in [5.74, 6) is 0. The van der Waals surface area contributed by atoms with Gasteiger partial charge in [-0.15, -0.1) is 0 Å². The van der Waals surface area contributed by atoms with Crippen molar-refractivity contribution in [2.45, 2.75) is 89.2 Å². The van der Waals surface area contributed by atoms with E-state index in [1.165, 1.54) is 7.11 Å². The molecular weight excluding hydrogens is 385 g/mol. The zero-order chi connectivity index (χ0) is 20.9. The molecule has 0 aromatic carbocycles. The summed E-state index contributed by atoms with van der Waals surface area (Å²) in [7, 11) is 9.11. The fourth-order valence-corrected chi connectivity index (χ4v) is 4.27. The number of ether oxygens (including phenoxy) is 4. The molecule has 2 rings (SSSR count). The maximum absolute atomic E-state index is 13.0. The van der Waals surface area contributed by atoms with E-state index in [9.17, 15) is 4.57 Å². The first-order chi connectivity index (χ1) is 13.1. The van der Waals surface area contributed by atoms with Crippen molar-refractivity contribution in [2.75, 3.05) is 20.3 Å². The Morgan fingerprint density at radius 3 is 2.07 bits per heavy atom. The molecular formula is C17H31B2O8P. The van der Waals surface area contributed by atoms with E-state index in [0.717, 1.165) is 0 Å². The van der Waals surface area contributed by atoms with Crippen LogP contribution in [0.3, 0.4) is 0 Å². The van der Waals surface area contributed by atoms with Gasteiger partial charge in [-0.3, -0.25) is 13.6 Å². The minimum Gasteiger partial charge on any atom is -0.380 e. The Morgan fingerprint density at radius 1 is 0.964 bits per heavy atom. The van der Waals surface area contributed by atoms with Crippen LogP contribution in [-0.4, -0.2) is 84.6 Å². The Balaban J connectivity index is 1.93. The average molecular weight is 416 g/mol. The Morgan fingerprint density at radius 2 is 1.54 bits per heavy atom. The van der Waals surface area contributed by atoms with Crippen molar-refractivity contribution < 1.29 is 37.1 Å². The number of phosphoric acid groups is 1. The minimum atomic E-state index is -3.86. The molecule has 0 saturated carbocycles. The highest BCUT2D eigenvalue weighted by Crippen LogP contribution is 2.52. The average Bonchev–Trinajstić information content (AvgIpc) is 3.12. The van der Waals surface area contributed by atoms with Crippen molar-refractivity contribution >= 4 is 23.5 Å². The first kappa shape index (κ1) is 24.4. The zero-order valence-electron chi connectivity index (χ0n) is 17.3. The molecule has 0 N–H and O–H groups in total. The van der Waals surface area contributed by atoms with Crippen LogP contribution in [0.5, 0.6) is 0 Å². The summed E-state index contributed by atoms with van der Waals surface area (Å²) in [6.45, 7) is 7.90. The molecule has 0 aromatic rings. The normalized spacial score (nSPS) is 35.7. The smallest absolute Gasteiger partial charge is 0.380 e. The Kier molecular flexibility index (Phi) is 9.49. The number of hydrogen-bond donors (Lipinski definition) is 0. The first-order valence-corrected chi connectivity index (χ1v) is 11.2. The molecule has 0 aromatic heterocycles. The lowest BCUT2D eigenvalue weighted by molar-refractivity contribution is -0.0660. The van der Waals surface area contributed by atoms with E-state index in [1.807, 2.05) is 27.7 Å². The molecule has 0 spiro atoms. The summed E-state index contributed by atoms with van der Waals surface area (Å²) < 4.78 is 51.8. The van der Waals surface area contributed by atoms with Gasteiger partial charge in [0.25, 0.3) is 0 Å². The molecule has 2 heterocycles. The standard InChI is InChI=1S/C17H31B2O8P/c1-10(2)22-8-14-13(7-17(19)25-14)27-28(20,21-5)23-9-15-12(24-11(3)4)6-16(18)26-15/h10-17H,6-9H2,1-5H3/t12?,13?,14-,15-,16-,17-,28?/m1/s1. The van der Waals surface area contributed by atoms with E-state index in [2.05, 4.69) is 0 Å². The summed E-state index contributed by atoms with van der Waals surface area (Å²) in [6.07, 6.45) is -0.843. The molecule has 158 valence electrons. The fraction of sp³-hybridized carbons (Fsp3) is 1.00. The lowest BCUT2D eigenvalue weighted by Gasteiger charge is -2.26. The van der Waals surface area contributed by atoms with Crippen molar-refractivity contribution in [1.29, 1.82) is 0 Å². The Hall–Kier alpha value is 0.0799. The van der Waals surface area contributed by atoms with E-state index in [-0.39, 0.29) is 31.5 Å². The predicted molar refractivity (Wildman–Crippen MR) is 105 cm³/mol. The highest BCUT2D eigenvalue weighted by atomic mass is 31.2. The number of rotatable bonds is 11. The molecule has 0 aliphatic carbocycles. The lowest BCUT2D eigenvalue weighted by Crippen LogP contribution is -2.32. The third kappa shape index (κ3) is 7.40. The van der Waals surface area contributed by atoms with Gasteiger partial charge in [0.05, 0.1) is 37.6 Å². The molecule has 11 heteroatoms. The van der Waals surface area contributed by atoms with Crippen LogP contribution < -0.4 is 0 Å². The maximum atomic E-state index is 13.0. The van der Waals surface area contributed by atoms with Gasteiger partial charge in [0, 0.05) is 19.1 Å². The largest absolute Gasteiger partial charge is 0.474 e. The molecule has 3 unspecified atom stereocenters. The van der Waals surface area contributed by atoms with Crippen molar-refractivity contribution in [3.05, 3.63) is 0 Å². The number of hydrogen-bond acceptors (Lipinski definition) is 8. The Bertz CT molecular complexity index is 523. The van der Waals surface area contributed by atoms with E-state index in [1.54, 1.807) is 0 Å². The Labute approximate surface area is 170 Å². The van der Waals surface area contributed by atoms with Gasteiger partial charge in [-0.05, 0) is 40.5 Å². The van der Waals surface area contributed by atoms with E-state index >= 15 is 0 Å². The fourth-order valence-electron chi connectivity index (χ4n) is 3.14. The summed E-state index contributed by atoms with van der Waals surface area (Å²) >= 11 is 0. The van der Waals surface area contributed by atoms with Crippen LogP contribution >= 0.6 is 7.82 Å². The predicted octanol–water partition coefficient (Wildman–Crippen LogP) is 1.93. The molecule has 7 atom stereocenters.